The van der Waals surface area contributed by atoms with Crippen LogP contribution in [0.4, 0.5) is 0 Å². The van der Waals surface area contributed by atoms with Gasteiger partial charge in [0.25, 0.3) is 0 Å². The molecule has 0 spiro atoms. The van der Waals surface area contributed by atoms with Gasteiger partial charge < -0.3 is 9.84 Å². The number of rotatable bonds is 6. The van der Waals surface area contributed by atoms with Crippen LogP contribution in [0.3, 0.4) is 0 Å². The van der Waals surface area contributed by atoms with Gasteiger partial charge in [0.05, 0.1) is 7.11 Å². The maximum atomic E-state index is 11.5. The zero-order chi connectivity index (χ0) is 11.3. The van der Waals surface area contributed by atoms with E-state index >= 15 is 0 Å². The molecule has 0 aliphatic heterocycles. The fourth-order valence-electron chi connectivity index (χ4n) is 2.02. The van der Waals surface area contributed by atoms with Gasteiger partial charge in [0.1, 0.15) is 5.78 Å². The van der Waals surface area contributed by atoms with Crippen LogP contribution >= 0.6 is 0 Å². The van der Waals surface area contributed by atoms with Crippen molar-refractivity contribution in [3.05, 3.63) is 0 Å². The highest BCUT2D eigenvalue weighted by Gasteiger charge is 2.37. The number of esters is 1. The molecule has 1 rings (SSSR count). The first-order valence-corrected chi connectivity index (χ1v) is 5.40. The summed E-state index contributed by atoms with van der Waals surface area (Å²) in [5.41, 5.74) is 0. The fraction of sp³-hybridized carbons (Fsp3) is 0.818. The normalized spacial score (nSPS) is 24.8. The quantitative estimate of drug-likeness (QED) is 0.668. The predicted octanol–water partition coefficient (Wildman–Crippen LogP) is 0.917. The molecule has 15 heavy (non-hydrogen) atoms. The monoisotopic (exact) mass is 214 g/mol. The molecule has 0 saturated heterocycles. The first kappa shape index (κ1) is 12.2. The summed E-state index contributed by atoms with van der Waals surface area (Å²) in [4.78, 5) is 22.3. The van der Waals surface area contributed by atoms with E-state index in [9.17, 15) is 9.59 Å². The molecule has 86 valence electrons. The molecule has 0 amide bonds. The molecule has 2 atom stereocenters. The Morgan fingerprint density at radius 1 is 1.47 bits per heavy atom. The lowest BCUT2D eigenvalue weighted by Gasteiger charge is -2.33. The third-order valence-electron chi connectivity index (χ3n) is 3.01. The van der Waals surface area contributed by atoms with Crippen LogP contribution in [0.25, 0.3) is 0 Å². The minimum absolute atomic E-state index is 0.0677. The molecule has 0 aromatic rings. The van der Waals surface area contributed by atoms with E-state index in [1.807, 2.05) is 0 Å². The fourth-order valence-corrected chi connectivity index (χ4v) is 2.02. The Morgan fingerprint density at radius 2 is 2.13 bits per heavy atom. The van der Waals surface area contributed by atoms with E-state index in [1.165, 1.54) is 7.11 Å². The highest BCUT2D eigenvalue weighted by molar-refractivity contribution is 5.89. The minimum Gasteiger partial charge on any atom is -0.469 e. The smallest absolute Gasteiger partial charge is 0.305 e. The lowest BCUT2D eigenvalue weighted by Crippen LogP contribution is -2.37. The van der Waals surface area contributed by atoms with E-state index in [1.54, 1.807) is 0 Å². The van der Waals surface area contributed by atoms with Gasteiger partial charge in [0.15, 0.2) is 0 Å². The largest absolute Gasteiger partial charge is 0.469 e. The lowest BCUT2D eigenvalue weighted by atomic mass is 9.70. The van der Waals surface area contributed by atoms with Crippen LogP contribution in [0, 0.1) is 11.8 Å². The summed E-state index contributed by atoms with van der Waals surface area (Å²) in [5.74, 6) is 0.229. The highest BCUT2D eigenvalue weighted by atomic mass is 16.5. The summed E-state index contributed by atoms with van der Waals surface area (Å²) in [7, 11) is 1.37. The van der Waals surface area contributed by atoms with Crippen LogP contribution in [0.5, 0.6) is 0 Å². The topological polar surface area (TPSA) is 63.6 Å². The number of Topliss-reactive ketones (excluding diaryl/α,β-unsaturated/α-hetero) is 1. The molecule has 0 heterocycles. The number of aliphatic hydroxyl groups excluding tert-OH is 1. The molecule has 1 aliphatic carbocycles. The van der Waals surface area contributed by atoms with Gasteiger partial charge in [-0.3, -0.25) is 9.59 Å². The Balaban J connectivity index is 2.10. The molecule has 4 nitrogen and oxygen atoms in total. The van der Waals surface area contributed by atoms with Crippen molar-refractivity contribution in [1.82, 2.24) is 0 Å². The zero-order valence-electron chi connectivity index (χ0n) is 9.07. The van der Waals surface area contributed by atoms with E-state index in [4.69, 9.17) is 5.11 Å². The Morgan fingerprint density at radius 3 is 2.67 bits per heavy atom. The average molecular weight is 214 g/mol. The zero-order valence-corrected chi connectivity index (χ0v) is 9.07. The molecule has 0 aromatic carbocycles. The molecule has 1 saturated carbocycles. The van der Waals surface area contributed by atoms with Gasteiger partial charge in [-0.1, -0.05) is 0 Å². The van der Waals surface area contributed by atoms with E-state index < -0.39 is 0 Å². The Kier molecular flexibility index (Phi) is 4.75. The van der Waals surface area contributed by atoms with Gasteiger partial charge >= 0.3 is 5.97 Å². The van der Waals surface area contributed by atoms with Crippen molar-refractivity contribution in [3.63, 3.8) is 0 Å². The minimum atomic E-state index is -0.214. The second-order valence-corrected chi connectivity index (χ2v) is 4.01. The summed E-state index contributed by atoms with van der Waals surface area (Å²) in [6.07, 6.45) is 3.35. The van der Waals surface area contributed by atoms with Crippen molar-refractivity contribution >= 4 is 11.8 Å². The number of methoxy groups -OCH3 is 1. The SMILES string of the molecule is COC(=O)CCCC1CC(CCO)C1=O. The molecule has 0 bridgehead atoms. The molecular formula is C11H18O4. The first-order valence-electron chi connectivity index (χ1n) is 5.40. The number of hydrogen-bond donors (Lipinski definition) is 1. The molecule has 0 aromatic heterocycles. The van der Waals surface area contributed by atoms with Crippen LogP contribution in [0.2, 0.25) is 0 Å². The van der Waals surface area contributed by atoms with Crippen molar-refractivity contribution in [1.29, 1.82) is 0 Å². The van der Waals surface area contributed by atoms with Crippen molar-refractivity contribution in [2.75, 3.05) is 13.7 Å². The maximum Gasteiger partial charge on any atom is 0.305 e. The van der Waals surface area contributed by atoms with Crippen molar-refractivity contribution in [2.24, 2.45) is 11.8 Å². The summed E-state index contributed by atoms with van der Waals surface area (Å²) in [6.45, 7) is 0.0886. The molecule has 2 unspecified atom stereocenters. The molecule has 0 radical (unpaired) electrons. The summed E-state index contributed by atoms with van der Waals surface area (Å²) < 4.78 is 4.51. The van der Waals surface area contributed by atoms with Crippen molar-refractivity contribution < 1.29 is 19.4 Å². The average Bonchev–Trinajstić information content (AvgIpc) is 2.25. The summed E-state index contributed by atoms with van der Waals surface area (Å²) in [6, 6.07) is 0. The number of carbonyl (C=O) groups is 2. The van der Waals surface area contributed by atoms with Gasteiger partial charge in [0, 0.05) is 24.9 Å². The number of ether oxygens (including phenoxy) is 1. The molecule has 4 heteroatoms. The lowest BCUT2D eigenvalue weighted by molar-refractivity contribution is -0.142. The third-order valence-corrected chi connectivity index (χ3v) is 3.01. The van der Waals surface area contributed by atoms with E-state index in [-0.39, 0.29) is 30.2 Å². The van der Waals surface area contributed by atoms with Crippen LogP contribution in [-0.4, -0.2) is 30.6 Å². The van der Waals surface area contributed by atoms with Gasteiger partial charge in [-0.25, -0.2) is 0 Å². The Bertz CT molecular complexity index is 237. The first-order chi connectivity index (χ1) is 7.19. The van der Waals surface area contributed by atoms with Crippen molar-refractivity contribution in [2.45, 2.75) is 32.1 Å². The number of ketones is 1. The second kappa shape index (κ2) is 5.85. The van der Waals surface area contributed by atoms with Crippen LogP contribution in [0.1, 0.15) is 32.1 Å². The standard InChI is InChI=1S/C11H18O4/c1-15-10(13)4-2-3-8-7-9(5-6-12)11(8)14/h8-9,12H,2-7H2,1H3. The molecule has 1 N–H and O–H groups in total. The number of carbonyl (C=O) groups excluding carboxylic acids is 2. The van der Waals surface area contributed by atoms with Gasteiger partial charge in [-0.05, 0) is 25.7 Å². The van der Waals surface area contributed by atoms with E-state index in [0.29, 0.717) is 12.8 Å². The molecular weight excluding hydrogens is 196 g/mol. The predicted molar refractivity (Wildman–Crippen MR) is 54.2 cm³/mol. The Labute approximate surface area is 89.6 Å². The van der Waals surface area contributed by atoms with Crippen molar-refractivity contribution in [3.8, 4) is 0 Å². The Hall–Kier alpha value is -0.900. The summed E-state index contributed by atoms with van der Waals surface area (Å²) in [5, 5.41) is 8.67. The number of aliphatic hydroxyl groups is 1. The van der Waals surface area contributed by atoms with E-state index in [0.717, 1.165) is 19.3 Å². The second-order valence-electron chi connectivity index (χ2n) is 4.01. The molecule has 1 fully saturated rings. The van der Waals surface area contributed by atoms with Crippen LogP contribution in [0.15, 0.2) is 0 Å². The van der Waals surface area contributed by atoms with Gasteiger partial charge in [-0.15, -0.1) is 0 Å². The van der Waals surface area contributed by atoms with Gasteiger partial charge in [-0.2, -0.15) is 0 Å². The highest BCUT2D eigenvalue weighted by Crippen LogP contribution is 2.35. The van der Waals surface area contributed by atoms with E-state index in [2.05, 4.69) is 4.74 Å². The summed E-state index contributed by atoms with van der Waals surface area (Å²) >= 11 is 0. The number of hydrogen-bond acceptors (Lipinski definition) is 4. The van der Waals surface area contributed by atoms with Gasteiger partial charge in [0.2, 0.25) is 0 Å². The molecule has 1 aliphatic rings. The third kappa shape index (κ3) is 3.30. The maximum absolute atomic E-state index is 11.5. The van der Waals surface area contributed by atoms with Crippen LogP contribution in [-0.2, 0) is 14.3 Å². The van der Waals surface area contributed by atoms with Crippen LogP contribution < -0.4 is 0 Å².